The van der Waals surface area contributed by atoms with Crippen LogP contribution in [-0.2, 0) is 4.79 Å². The molecule has 3 N–H and O–H groups in total. The van der Waals surface area contributed by atoms with Crippen LogP contribution in [0, 0.1) is 61.8 Å². The van der Waals surface area contributed by atoms with Crippen molar-refractivity contribution < 1.29 is 64.2 Å². The predicted molar refractivity (Wildman–Crippen MR) is 50.6 cm³/mol. The molecule has 0 spiro atoms. The van der Waals surface area contributed by atoms with Gasteiger partial charge in [0.1, 0.15) is 5.78 Å². The van der Waals surface area contributed by atoms with E-state index in [0.29, 0.717) is 12.8 Å². The summed E-state index contributed by atoms with van der Waals surface area (Å²) in [6.07, 6.45) is 0.409. The van der Waals surface area contributed by atoms with Crippen molar-refractivity contribution in [1.29, 1.82) is 0 Å². The first-order valence-electron chi connectivity index (χ1n) is 5.00. The summed E-state index contributed by atoms with van der Waals surface area (Å²) in [7, 11) is 0. The standard InChI is InChI=1S/C10H18O4.Ac/c1-6(13)7-2-8(4-11)9(3-7)10(14)5-12;/h7-12,14H,2-5H2,1H3;. The van der Waals surface area contributed by atoms with Gasteiger partial charge >= 0.3 is 0 Å². The van der Waals surface area contributed by atoms with Crippen LogP contribution in [0.3, 0.4) is 0 Å². The summed E-state index contributed by atoms with van der Waals surface area (Å²) in [5.41, 5.74) is 0. The van der Waals surface area contributed by atoms with Gasteiger partial charge in [0, 0.05) is 56.6 Å². The second-order valence-corrected chi connectivity index (χ2v) is 4.14. The molecule has 0 saturated heterocycles. The van der Waals surface area contributed by atoms with E-state index >= 15 is 0 Å². The number of hydrogen-bond acceptors (Lipinski definition) is 4. The molecule has 1 fully saturated rings. The van der Waals surface area contributed by atoms with E-state index in [1.54, 1.807) is 0 Å². The molecule has 1 rings (SSSR count). The van der Waals surface area contributed by atoms with Gasteiger partial charge in [0.15, 0.2) is 0 Å². The fraction of sp³-hybridized carbons (Fsp3) is 0.900. The maximum atomic E-state index is 11.1. The third kappa shape index (κ3) is 4.05. The number of Topliss-reactive ketones (excluding diaryl/α,β-unsaturated/α-hetero) is 1. The summed E-state index contributed by atoms with van der Waals surface area (Å²) >= 11 is 0. The maximum Gasteiger partial charge on any atom is 0.132 e. The van der Waals surface area contributed by atoms with Crippen LogP contribution in [0.25, 0.3) is 0 Å². The number of carbonyl (C=O) groups is 1. The molecule has 1 aliphatic rings. The predicted octanol–water partition coefficient (Wildman–Crippen LogP) is -0.437. The summed E-state index contributed by atoms with van der Waals surface area (Å²) in [6, 6.07) is 0. The largest absolute Gasteiger partial charge is 0.396 e. The zero-order valence-electron chi connectivity index (χ0n) is 8.97. The van der Waals surface area contributed by atoms with Crippen LogP contribution in [0.15, 0.2) is 0 Å². The molecule has 4 unspecified atom stereocenters. The van der Waals surface area contributed by atoms with Crippen LogP contribution in [0.2, 0.25) is 0 Å². The van der Waals surface area contributed by atoms with E-state index in [2.05, 4.69) is 0 Å². The van der Waals surface area contributed by atoms with Crippen molar-refractivity contribution in [3.63, 3.8) is 0 Å². The molecule has 0 aliphatic heterocycles. The van der Waals surface area contributed by atoms with Gasteiger partial charge in [0.2, 0.25) is 0 Å². The number of aliphatic hydroxyl groups excluding tert-OH is 3. The molecule has 0 aromatic heterocycles. The van der Waals surface area contributed by atoms with Gasteiger partial charge in [-0.25, -0.2) is 0 Å². The smallest absolute Gasteiger partial charge is 0.132 e. The molecule has 1 saturated carbocycles. The second-order valence-electron chi connectivity index (χ2n) is 4.14. The van der Waals surface area contributed by atoms with E-state index in [4.69, 9.17) is 10.2 Å². The van der Waals surface area contributed by atoms with Crippen molar-refractivity contribution in [3.05, 3.63) is 0 Å². The molecule has 0 aromatic rings. The zero-order chi connectivity index (χ0) is 10.7. The van der Waals surface area contributed by atoms with Crippen molar-refractivity contribution in [2.45, 2.75) is 25.9 Å². The summed E-state index contributed by atoms with van der Waals surface area (Å²) in [5, 5.41) is 27.4. The Morgan fingerprint density at radius 3 is 2.40 bits per heavy atom. The van der Waals surface area contributed by atoms with Gasteiger partial charge in [-0.05, 0) is 31.6 Å². The quantitative estimate of drug-likeness (QED) is 0.567. The first kappa shape index (κ1) is 16.0. The van der Waals surface area contributed by atoms with Crippen LogP contribution in [-0.4, -0.2) is 40.4 Å². The van der Waals surface area contributed by atoms with E-state index < -0.39 is 6.10 Å². The van der Waals surface area contributed by atoms with Crippen LogP contribution < -0.4 is 0 Å². The van der Waals surface area contributed by atoms with Gasteiger partial charge in [0.05, 0.1) is 12.7 Å². The molecule has 0 bridgehead atoms. The molecule has 4 nitrogen and oxygen atoms in total. The van der Waals surface area contributed by atoms with Crippen molar-refractivity contribution in [2.75, 3.05) is 13.2 Å². The Morgan fingerprint density at radius 1 is 1.40 bits per heavy atom. The Bertz CT molecular complexity index is 210. The fourth-order valence-corrected chi connectivity index (χ4v) is 2.31. The number of rotatable bonds is 4. The van der Waals surface area contributed by atoms with Crippen molar-refractivity contribution in [2.24, 2.45) is 17.8 Å². The van der Waals surface area contributed by atoms with Crippen molar-refractivity contribution in [1.82, 2.24) is 0 Å². The minimum atomic E-state index is -0.809. The van der Waals surface area contributed by atoms with Gasteiger partial charge < -0.3 is 15.3 Å². The second kappa shape index (κ2) is 7.34. The number of carbonyl (C=O) groups excluding carboxylic acids is 1. The Balaban J connectivity index is 0.00000196. The average molecular weight is 429 g/mol. The first-order valence-corrected chi connectivity index (χ1v) is 5.00. The van der Waals surface area contributed by atoms with E-state index in [1.165, 1.54) is 6.92 Å². The van der Waals surface area contributed by atoms with Crippen LogP contribution in [0.5, 0.6) is 0 Å². The molecule has 4 atom stereocenters. The normalized spacial score (nSPS) is 32.1. The summed E-state index contributed by atoms with van der Waals surface area (Å²) in [6.45, 7) is 1.21. The molecular formula is C10H18AcO4. The van der Waals surface area contributed by atoms with E-state index in [9.17, 15) is 9.90 Å². The van der Waals surface area contributed by atoms with E-state index in [-0.39, 0.29) is 80.8 Å². The third-order valence-electron chi connectivity index (χ3n) is 3.24. The summed E-state index contributed by atoms with van der Waals surface area (Å²) in [4.78, 5) is 11.1. The number of ketones is 1. The number of aliphatic hydroxyl groups is 3. The number of hydrogen-bond donors (Lipinski definition) is 3. The Kier molecular flexibility index (Phi) is 7.83. The first-order chi connectivity index (χ1) is 6.60. The molecule has 1 aliphatic carbocycles. The molecule has 0 heterocycles. The SMILES string of the molecule is CC(=O)C1CC(CO)C(C(O)CO)C1.[Ac]. The molecule has 85 valence electrons. The average Bonchev–Trinajstić information content (AvgIpc) is 2.60. The van der Waals surface area contributed by atoms with E-state index in [1.807, 2.05) is 0 Å². The molecule has 0 amide bonds. The zero-order valence-corrected chi connectivity index (χ0v) is 13.7. The Morgan fingerprint density at radius 2 is 2.00 bits per heavy atom. The van der Waals surface area contributed by atoms with Gasteiger partial charge in [0.25, 0.3) is 0 Å². The molecular weight excluding hydrogens is 411 g/mol. The van der Waals surface area contributed by atoms with Crippen LogP contribution in [0.4, 0.5) is 0 Å². The van der Waals surface area contributed by atoms with Crippen LogP contribution in [0.1, 0.15) is 19.8 Å². The van der Waals surface area contributed by atoms with Crippen molar-refractivity contribution in [3.8, 4) is 0 Å². The van der Waals surface area contributed by atoms with Gasteiger partial charge in [-0.2, -0.15) is 0 Å². The summed E-state index contributed by atoms with van der Waals surface area (Å²) < 4.78 is 0. The van der Waals surface area contributed by atoms with E-state index in [0.717, 1.165) is 0 Å². The minimum absolute atomic E-state index is 0. The van der Waals surface area contributed by atoms with Gasteiger partial charge in [-0.3, -0.25) is 4.79 Å². The molecule has 5 heteroatoms. The monoisotopic (exact) mass is 429 g/mol. The van der Waals surface area contributed by atoms with Crippen molar-refractivity contribution >= 4 is 5.78 Å². The minimum Gasteiger partial charge on any atom is -0.396 e. The van der Waals surface area contributed by atoms with Crippen LogP contribution >= 0.6 is 0 Å². The van der Waals surface area contributed by atoms with Gasteiger partial charge in [-0.1, -0.05) is 0 Å². The fourth-order valence-electron chi connectivity index (χ4n) is 2.31. The third-order valence-corrected chi connectivity index (χ3v) is 3.24. The van der Waals surface area contributed by atoms with Gasteiger partial charge in [-0.15, -0.1) is 0 Å². The summed E-state index contributed by atoms with van der Waals surface area (Å²) in [5.74, 6) is -0.139. The topological polar surface area (TPSA) is 77.8 Å². The molecule has 15 heavy (non-hydrogen) atoms. The molecule has 1 radical (unpaired) electrons. The Hall–Kier alpha value is 0.992. The maximum absolute atomic E-state index is 11.1. The molecule has 0 aromatic carbocycles. The Labute approximate surface area is 126 Å².